The second-order valence-corrected chi connectivity index (χ2v) is 2.80. The number of hydrogen-bond acceptors (Lipinski definition) is 1. The second kappa shape index (κ2) is 3.72. The number of dihydropyridines is 1. The van der Waals surface area contributed by atoms with Crippen molar-refractivity contribution in [1.82, 2.24) is 5.32 Å². The molecular formula is C7H10BrN. The molecular weight excluding hydrogens is 178 g/mol. The van der Waals surface area contributed by atoms with Crippen molar-refractivity contribution in [3.05, 3.63) is 23.9 Å². The predicted octanol–water partition coefficient (Wildman–Crippen LogP) is 1.81. The Hall–Kier alpha value is -0.240. The van der Waals surface area contributed by atoms with Gasteiger partial charge in [0, 0.05) is 11.9 Å². The number of rotatable bonds is 2. The van der Waals surface area contributed by atoms with Gasteiger partial charge in [0.25, 0.3) is 0 Å². The summed E-state index contributed by atoms with van der Waals surface area (Å²) < 4.78 is 0. The molecule has 0 aromatic carbocycles. The monoisotopic (exact) mass is 187 g/mol. The fraction of sp³-hybridized carbons (Fsp3) is 0.429. The Balaban J connectivity index is 2.38. The molecule has 0 unspecified atom stereocenters. The van der Waals surface area contributed by atoms with Crippen LogP contribution in [0.5, 0.6) is 0 Å². The summed E-state index contributed by atoms with van der Waals surface area (Å²) in [7, 11) is 0. The first kappa shape index (κ1) is 6.87. The van der Waals surface area contributed by atoms with Crippen LogP contribution in [0.4, 0.5) is 0 Å². The van der Waals surface area contributed by atoms with E-state index in [1.807, 2.05) is 12.3 Å². The SMILES string of the molecule is BrCCC1=CC=CNC1. The van der Waals surface area contributed by atoms with Gasteiger partial charge in [0.15, 0.2) is 0 Å². The fourth-order valence-corrected chi connectivity index (χ4v) is 1.30. The highest BCUT2D eigenvalue weighted by Crippen LogP contribution is 2.05. The number of nitrogens with one attached hydrogen (secondary N) is 1. The van der Waals surface area contributed by atoms with Crippen molar-refractivity contribution >= 4 is 15.9 Å². The molecule has 1 nitrogen and oxygen atoms in total. The summed E-state index contributed by atoms with van der Waals surface area (Å²) >= 11 is 3.39. The van der Waals surface area contributed by atoms with E-state index in [-0.39, 0.29) is 0 Å². The van der Waals surface area contributed by atoms with Crippen LogP contribution in [0.25, 0.3) is 0 Å². The molecule has 1 aliphatic heterocycles. The maximum absolute atomic E-state index is 3.39. The highest BCUT2D eigenvalue weighted by atomic mass is 79.9. The third kappa shape index (κ3) is 2.22. The first-order chi connectivity index (χ1) is 4.43. The van der Waals surface area contributed by atoms with Crippen LogP contribution in [0.15, 0.2) is 23.9 Å². The Kier molecular flexibility index (Phi) is 2.84. The van der Waals surface area contributed by atoms with Crippen molar-refractivity contribution in [2.24, 2.45) is 0 Å². The minimum absolute atomic E-state index is 1.02. The molecule has 0 bridgehead atoms. The number of hydrogen-bond donors (Lipinski definition) is 1. The molecule has 0 radical (unpaired) electrons. The zero-order valence-corrected chi connectivity index (χ0v) is 6.82. The van der Waals surface area contributed by atoms with Gasteiger partial charge < -0.3 is 5.32 Å². The Labute approximate surface area is 64.0 Å². The molecule has 0 saturated heterocycles. The maximum Gasteiger partial charge on any atom is 0.0358 e. The standard InChI is InChI=1S/C7H10BrN/c8-4-3-7-2-1-5-9-6-7/h1-2,5,9H,3-4,6H2. The lowest BCUT2D eigenvalue weighted by atomic mass is 10.1. The quantitative estimate of drug-likeness (QED) is 0.651. The molecule has 2 heteroatoms. The largest absolute Gasteiger partial charge is 0.387 e. The van der Waals surface area contributed by atoms with Crippen LogP contribution in [0.2, 0.25) is 0 Å². The van der Waals surface area contributed by atoms with Crippen molar-refractivity contribution in [3.63, 3.8) is 0 Å². The highest BCUT2D eigenvalue weighted by Gasteiger charge is 1.95. The Morgan fingerprint density at radius 3 is 3.11 bits per heavy atom. The number of alkyl halides is 1. The van der Waals surface area contributed by atoms with Crippen LogP contribution >= 0.6 is 15.9 Å². The van der Waals surface area contributed by atoms with E-state index in [0.29, 0.717) is 0 Å². The minimum Gasteiger partial charge on any atom is -0.387 e. The molecule has 0 aliphatic carbocycles. The van der Waals surface area contributed by atoms with Crippen molar-refractivity contribution in [3.8, 4) is 0 Å². The van der Waals surface area contributed by atoms with Gasteiger partial charge in [-0.2, -0.15) is 0 Å². The lowest BCUT2D eigenvalue weighted by molar-refractivity contribution is 0.879. The van der Waals surface area contributed by atoms with Crippen LogP contribution in [0.1, 0.15) is 6.42 Å². The van der Waals surface area contributed by atoms with Gasteiger partial charge in [-0.05, 0) is 18.7 Å². The molecule has 0 atom stereocenters. The van der Waals surface area contributed by atoms with Crippen LogP contribution in [-0.4, -0.2) is 11.9 Å². The Bertz CT molecular complexity index is 138. The van der Waals surface area contributed by atoms with E-state index in [4.69, 9.17) is 0 Å². The molecule has 0 saturated carbocycles. The van der Waals surface area contributed by atoms with Crippen molar-refractivity contribution in [2.45, 2.75) is 6.42 Å². The second-order valence-electron chi connectivity index (χ2n) is 2.00. The first-order valence-electron chi connectivity index (χ1n) is 3.07. The maximum atomic E-state index is 3.39. The van der Waals surface area contributed by atoms with Gasteiger partial charge in [0.05, 0.1) is 0 Å². The zero-order valence-electron chi connectivity index (χ0n) is 5.23. The van der Waals surface area contributed by atoms with Crippen LogP contribution in [0, 0.1) is 0 Å². The molecule has 0 aromatic rings. The van der Waals surface area contributed by atoms with Gasteiger partial charge in [-0.25, -0.2) is 0 Å². The van der Waals surface area contributed by atoms with Crippen LogP contribution in [-0.2, 0) is 0 Å². The molecule has 0 fully saturated rings. The van der Waals surface area contributed by atoms with Crippen molar-refractivity contribution in [1.29, 1.82) is 0 Å². The molecule has 9 heavy (non-hydrogen) atoms. The smallest absolute Gasteiger partial charge is 0.0358 e. The molecule has 0 spiro atoms. The molecule has 1 aliphatic rings. The summed E-state index contributed by atoms with van der Waals surface area (Å²) in [4.78, 5) is 0. The van der Waals surface area contributed by atoms with Crippen molar-refractivity contribution < 1.29 is 0 Å². The zero-order chi connectivity index (χ0) is 6.53. The minimum atomic E-state index is 1.02. The average molecular weight is 188 g/mol. The summed E-state index contributed by atoms with van der Waals surface area (Å²) in [5.41, 5.74) is 1.47. The molecule has 1 rings (SSSR count). The van der Waals surface area contributed by atoms with Crippen LogP contribution < -0.4 is 5.32 Å². The van der Waals surface area contributed by atoms with Gasteiger partial charge in [0.1, 0.15) is 0 Å². The number of allylic oxidation sites excluding steroid dienone is 2. The van der Waals surface area contributed by atoms with E-state index >= 15 is 0 Å². The van der Waals surface area contributed by atoms with Gasteiger partial charge in [0.2, 0.25) is 0 Å². The van der Waals surface area contributed by atoms with E-state index in [0.717, 1.165) is 18.3 Å². The highest BCUT2D eigenvalue weighted by molar-refractivity contribution is 9.09. The van der Waals surface area contributed by atoms with Crippen molar-refractivity contribution in [2.75, 3.05) is 11.9 Å². The summed E-state index contributed by atoms with van der Waals surface area (Å²) in [6.07, 6.45) is 7.33. The number of halogens is 1. The fourth-order valence-electron chi connectivity index (χ4n) is 0.794. The average Bonchev–Trinajstić information content (AvgIpc) is 1.91. The van der Waals surface area contributed by atoms with Gasteiger partial charge in [-0.1, -0.05) is 27.6 Å². The lowest BCUT2D eigenvalue weighted by Crippen LogP contribution is -2.12. The third-order valence-corrected chi connectivity index (χ3v) is 1.69. The molecule has 1 N–H and O–H groups in total. The van der Waals surface area contributed by atoms with Gasteiger partial charge in [-0.15, -0.1) is 0 Å². The summed E-state index contributed by atoms with van der Waals surface area (Å²) in [6.45, 7) is 1.02. The summed E-state index contributed by atoms with van der Waals surface area (Å²) in [5.74, 6) is 0. The van der Waals surface area contributed by atoms with Gasteiger partial charge >= 0.3 is 0 Å². The van der Waals surface area contributed by atoms with E-state index < -0.39 is 0 Å². The van der Waals surface area contributed by atoms with Crippen LogP contribution in [0.3, 0.4) is 0 Å². The predicted molar refractivity (Wildman–Crippen MR) is 43.6 cm³/mol. The normalized spacial score (nSPS) is 16.8. The summed E-state index contributed by atoms with van der Waals surface area (Å²) in [5, 5.41) is 4.21. The molecule has 1 heterocycles. The molecule has 0 amide bonds. The third-order valence-electron chi connectivity index (χ3n) is 1.29. The van der Waals surface area contributed by atoms with Gasteiger partial charge in [-0.3, -0.25) is 0 Å². The topological polar surface area (TPSA) is 12.0 Å². The lowest BCUT2D eigenvalue weighted by Gasteiger charge is -2.07. The Morgan fingerprint density at radius 1 is 1.67 bits per heavy atom. The van der Waals surface area contributed by atoms with E-state index in [1.165, 1.54) is 5.57 Å². The molecule has 0 aromatic heterocycles. The summed E-state index contributed by atoms with van der Waals surface area (Å²) in [6, 6.07) is 0. The molecule has 50 valence electrons. The Morgan fingerprint density at radius 2 is 2.56 bits per heavy atom. The van der Waals surface area contributed by atoms with E-state index in [2.05, 4.69) is 27.3 Å². The van der Waals surface area contributed by atoms with E-state index in [9.17, 15) is 0 Å². The van der Waals surface area contributed by atoms with E-state index in [1.54, 1.807) is 0 Å². The first-order valence-corrected chi connectivity index (χ1v) is 4.19.